The van der Waals surface area contributed by atoms with Crippen molar-refractivity contribution in [2.45, 2.75) is 13.2 Å². The molecule has 3 aromatic rings. The minimum absolute atomic E-state index is 0.104. The number of hydrogen-bond donors (Lipinski definition) is 0. The molecular weight excluding hydrogens is 552 g/mol. The number of ether oxygens (including phenoxy) is 1. The summed E-state index contributed by atoms with van der Waals surface area (Å²) in [6.07, 6.45) is 1.61. The van der Waals surface area contributed by atoms with Crippen LogP contribution in [0.25, 0.3) is 6.08 Å². The van der Waals surface area contributed by atoms with Crippen LogP contribution in [0.4, 0.5) is 9.18 Å². The summed E-state index contributed by atoms with van der Waals surface area (Å²) in [5.74, 6) is -0.434. The first-order chi connectivity index (χ1) is 15.8. The van der Waals surface area contributed by atoms with E-state index in [1.807, 2.05) is 12.1 Å². The molecule has 1 fully saturated rings. The molecule has 4 rings (SSSR count). The molecule has 0 unspecified atom stereocenters. The van der Waals surface area contributed by atoms with Crippen LogP contribution in [-0.4, -0.2) is 16.0 Å². The molecule has 2 amide bonds. The molecule has 1 saturated heterocycles. The fourth-order valence-electron chi connectivity index (χ4n) is 3.09. The summed E-state index contributed by atoms with van der Waals surface area (Å²) in [4.78, 5) is 26.4. The maximum Gasteiger partial charge on any atom is 0.293 e. The first kappa shape index (κ1) is 23.8. The van der Waals surface area contributed by atoms with Crippen LogP contribution in [0.5, 0.6) is 5.75 Å². The second kappa shape index (κ2) is 10.3. The summed E-state index contributed by atoms with van der Waals surface area (Å²) in [7, 11) is 0. The van der Waals surface area contributed by atoms with Crippen molar-refractivity contribution in [1.29, 1.82) is 0 Å². The zero-order valence-corrected chi connectivity index (χ0v) is 20.8. The molecule has 4 nitrogen and oxygen atoms in total. The molecule has 168 valence electrons. The molecule has 33 heavy (non-hydrogen) atoms. The van der Waals surface area contributed by atoms with Gasteiger partial charge in [-0.05, 0) is 81.3 Å². The number of carbonyl (C=O) groups excluding carboxylic acids is 2. The highest BCUT2D eigenvalue weighted by atomic mass is 79.9. The second-order valence-electron chi connectivity index (χ2n) is 7.07. The van der Waals surface area contributed by atoms with Crippen molar-refractivity contribution in [2.24, 2.45) is 0 Å². The van der Waals surface area contributed by atoms with E-state index in [0.29, 0.717) is 27.4 Å². The number of thioether (sulfide) groups is 1. The lowest BCUT2D eigenvalue weighted by Crippen LogP contribution is -2.28. The Morgan fingerprint density at radius 2 is 1.82 bits per heavy atom. The Morgan fingerprint density at radius 1 is 1.06 bits per heavy atom. The monoisotopic (exact) mass is 565 g/mol. The second-order valence-corrected chi connectivity index (χ2v) is 9.76. The van der Waals surface area contributed by atoms with Gasteiger partial charge in [-0.3, -0.25) is 14.5 Å². The lowest BCUT2D eigenvalue weighted by molar-refractivity contribution is -0.123. The van der Waals surface area contributed by atoms with E-state index in [0.717, 1.165) is 22.2 Å². The summed E-state index contributed by atoms with van der Waals surface area (Å²) in [6.45, 7) is 0.140. The Morgan fingerprint density at radius 3 is 2.52 bits per heavy atom. The van der Waals surface area contributed by atoms with Crippen molar-refractivity contribution in [3.8, 4) is 5.75 Å². The third-order valence-corrected chi connectivity index (χ3v) is 6.95. The first-order valence-electron chi connectivity index (χ1n) is 9.67. The Bertz CT molecular complexity index is 1250. The molecule has 0 N–H and O–H groups in total. The largest absolute Gasteiger partial charge is 0.488 e. The van der Waals surface area contributed by atoms with Crippen molar-refractivity contribution >= 4 is 68.1 Å². The van der Waals surface area contributed by atoms with E-state index in [4.69, 9.17) is 27.9 Å². The Kier molecular flexibility index (Phi) is 7.44. The van der Waals surface area contributed by atoms with Crippen molar-refractivity contribution in [3.05, 3.63) is 103 Å². The van der Waals surface area contributed by atoms with E-state index in [1.165, 1.54) is 18.2 Å². The highest BCUT2D eigenvalue weighted by molar-refractivity contribution is 9.10. The normalized spacial score (nSPS) is 14.9. The fraction of sp³-hybridized carbons (Fsp3) is 0.0833. The van der Waals surface area contributed by atoms with Gasteiger partial charge in [0.15, 0.2) is 0 Å². The van der Waals surface area contributed by atoms with Crippen molar-refractivity contribution < 1.29 is 18.7 Å². The average Bonchev–Trinajstić information content (AvgIpc) is 3.04. The van der Waals surface area contributed by atoms with E-state index in [1.54, 1.807) is 36.4 Å². The van der Waals surface area contributed by atoms with Gasteiger partial charge in [0.1, 0.15) is 18.2 Å². The van der Waals surface area contributed by atoms with Gasteiger partial charge in [-0.2, -0.15) is 0 Å². The molecule has 1 heterocycles. The third kappa shape index (κ3) is 5.61. The average molecular weight is 567 g/mol. The topological polar surface area (TPSA) is 46.6 Å². The van der Waals surface area contributed by atoms with Gasteiger partial charge >= 0.3 is 0 Å². The Hall–Kier alpha value is -2.32. The number of imide groups is 1. The number of nitrogens with zero attached hydrogens (tertiary/aromatic N) is 1. The highest BCUT2D eigenvalue weighted by Crippen LogP contribution is 2.36. The SMILES string of the molecule is O=C1S/C(=C/c2ccc(OCc3ccc(Cl)cc3)c(Br)c2)C(=O)N1Cc1c(F)cccc1Cl. The van der Waals surface area contributed by atoms with Crippen molar-refractivity contribution in [2.75, 3.05) is 0 Å². The number of hydrogen-bond acceptors (Lipinski definition) is 4. The van der Waals surface area contributed by atoms with Crippen LogP contribution in [0.1, 0.15) is 16.7 Å². The molecule has 0 atom stereocenters. The molecule has 0 aromatic heterocycles. The van der Waals surface area contributed by atoms with Gasteiger partial charge in [0.05, 0.1) is 15.9 Å². The molecule has 0 radical (unpaired) electrons. The summed E-state index contributed by atoms with van der Waals surface area (Å²) in [5, 5.41) is 0.342. The predicted molar refractivity (Wildman–Crippen MR) is 133 cm³/mol. The number of amides is 2. The van der Waals surface area contributed by atoms with Gasteiger partial charge in [0.25, 0.3) is 11.1 Å². The number of carbonyl (C=O) groups is 2. The lowest BCUT2D eigenvalue weighted by atomic mass is 10.2. The van der Waals surface area contributed by atoms with Crippen LogP contribution >= 0.6 is 50.9 Å². The fourth-order valence-corrected chi connectivity index (χ4v) is 4.79. The standard InChI is InChI=1S/C24H15BrCl2FNO3S/c25-18-10-15(6-9-21(18)32-13-14-4-7-16(26)8-5-14)11-22-23(30)29(24(31)33-22)12-17-19(27)2-1-3-20(17)28/h1-11H,12-13H2/b22-11+. The number of halogens is 4. The molecule has 0 bridgehead atoms. The molecule has 1 aliphatic rings. The summed E-state index contributed by atoms with van der Waals surface area (Å²) in [6, 6.07) is 16.9. The number of rotatable bonds is 6. The Labute approximate surface area is 212 Å². The van der Waals surface area contributed by atoms with Gasteiger partial charge in [-0.25, -0.2) is 4.39 Å². The van der Waals surface area contributed by atoms with E-state index in [9.17, 15) is 14.0 Å². The van der Waals surface area contributed by atoms with Gasteiger partial charge in [-0.1, -0.05) is 47.5 Å². The minimum atomic E-state index is -0.566. The van der Waals surface area contributed by atoms with Crippen molar-refractivity contribution in [3.63, 3.8) is 0 Å². The maximum atomic E-state index is 14.1. The third-order valence-electron chi connectivity index (χ3n) is 4.81. The van der Waals surface area contributed by atoms with Crippen molar-refractivity contribution in [1.82, 2.24) is 4.90 Å². The molecule has 0 aliphatic carbocycles. The van der Waals surface area contributed by atoms with Crippen LogP contribution in [0, 0.1) is 5.82 Å². The molecular formula is C24H15BrCl2FNO3S. The van der Waals surface area contributed by atoms with E-state index >= 15 is 0 Å². The number of benzene rings is 3. The van der Waals surface area contributed by atoms with Gasteiger partial charge in [-0.15, -0.1) is 0 Å². The van der Waals surface area contributed by atoms with E-state index in [-0.39, 0.29) is 22.0 Å². The quantitative estimate of drug-likeness (QED) is 0.287. The van der Waals surface area contributed by atoms with Crippen LogP contribution in [0.3, 0.4) is 0 Å². The van der Waals surface area contributed by atoms with Crippen LogP contribution in [0.2, 0.25) is 10.0 Å². The highest BCUT2D eigenvalue weighted by Gasteiger charge is 2.35. The van der Waals surface area contributed by atoms with E-state index in [2.05, 4.69) is 15.9 Å². The molecule has 1 aliphatic heterocycles. The summed E-state index contributed by atoms with van der Waals surface area (Å²) >= 11 is 16.2. The van der Waals surface area contributed by atoms with E-state index < -0.39 is 17.0 Å². The Balaban J connectivity index is 1.47. The van der Waals surface area contributed by atoms with Gasteiger partial charge < -0.3 is 4.74 Å². The lowest BCUT2D eigenvalue weighted by Gasteiger charge is -2.14. The smallest absolute Gasteiger partial charge is 0.293 e. The van der Waals surface area contributed by atoms with Crippen LogP contribution in [-0.2, 0) is 17.9 Å². The predicted octanol–water partition coefficient (Wildman–Crippen LogP) is 7.71. The maximum absolute atomic E-state index is 14.1. The zero-order valence-electron chi connectivity index (χ0n) is 16.9. The molecule has 0 spiro atoms. The molecule has 0 saturated carbocycles. The van der Waals surface area contributed by atoms with Gasteiger partial charge in [0.2, 0.25) is 0 Å². The summed E-state index contributed by atoms with van der Waals surface area (Å²) in [5.41, 5.74) is 1.78. The van der Waals surface area contributed by atoms with Crippen LogP contribution < -0.4 is 4.74 Å². The zero-order chi connectivity index (χ0) is 23.5. The molecule has 9 heteroatoms. The van der Waals surface area contributed by atoms with Gasteiger partial charge in [0, 0.05) is 15.6 Å². The first-order valence-corrected chi connectivity index (χ1v) is 12.0. The minimum Gasteiger partial charge on any atom is -0.488 e. The molecule has 3 aromatic carbocycles. The summed E-state index contributed by atoms with van der Waals surface area (Å²) < 4.78 is 20.6. The van der Waals surface area contributed by atoms with Crippen LogP contribution in [0.15, 0.2) is 70.0 Å².